The van der Waals surface area contributed by atoms with Gasteiger partial charge in [-0.25, -0.2) is 0 Å². The van der Waals surface area contributed by atoms with E-state index in [0.29, 0.717) is 0 Å². The van der Waals surface area contributed by atoms with Crippen molar-refractivity contribution in [1.29, 1.82) is 0 Å². The Morgan fingerprint density at radius 1 is 1.82 bits per heavy atom. The molecule has 0 aliphatic rings. The molecule has 0 amide bonds. The maximum absolute atomic E-state index is 10.2. The largest absolute Gasteiger partial charge is 0.481 e. The van der Waals surface area contributed by atoms with Gasteiger partial charge in [-0.15, -0.1) is 6.42 Å². The Hall–Kier alpha value is -1.23. The van der Waals surface area contributed by atoms with Crippen LogP contribution in [0.25, 0.3) is 0 Å². The topological polar surface area (TPSA) is 37.3 Å². The van der Waals surface area contributed by atoms with Crippen LogP contribution in [-0.2, 0) is 4.79 Å². The van der Waals surface area contributed by atoms with E-state index >= 15 is 0 Å². The number of allylic oxidation sites excluding steroid dienone is 2. The summed E-state index contributed by atoms with van der Waals surface area (Å²) >= 11 is 0. The number of carboxylic acid groups (broad SMARTS) is 1. The van der Waals surface area contributed by atoms with Crippen LogP contribution in [0.4, 0.5) is 0 Å². The summed E-state index contributed by atoms with van der Waals surface area (Å²) in [5, 5.41) is 8.38. The third-order valence-electron chi connectivity index (χ3n) is 1.21. The van der Waals surface area contributed by atoms with Gasteiger partial charge in [0.15, 0.2) is 0 Å². The quantitative estimate of drug-likeness (QED) is 0.491. The number of carboxylic acids is 1. The fraction of sp³-hybridized carbons (Fsp3) is 0.444. The van der Waals surface area contributed by atoms with Crippen molar-refractivity contribution in [3.63, 3.8) is 0 Å². The minimum Gasteiger partial charge on any atom is -0.481 e. The van der Waals surface area contributed by atoms with E-state index in [-0.39, 0.29) is 12.3 Å². The highest BCUT2D eigenvalue weighted by Crippen LogP contribution is 2.03. The van der Waals surface area contributed by atoms with Crippen LogP contribution in [0.1, 0.15) is 19.8 Å². The Balaban J connectivity index is 3.88. The van der Waals surface area contributed by atoms with Crippen molar-refractivity contribution in [2.24, 2.45) is 5.92 Å². The molecule has 0 aliphatic heterocycles. The Kier molecular flexibility index (Phi) is 4.93. The number of rotatable bonds is 4. The lowest BCUT2D eigenvalue weighted by Crippen LogP contribution is -2.02. The smallest absolute Gasteiger partial charge is 0.304 e. The van der Waals surface area contributed by atoms with E-state index in [4.69, 9.17) is 11.5 Å². The zero-order chi connectivity index (χ0) is 8.69. The molecule has 2 nitrogen and oxygen atoms in total. The molecule has 0 saturated carbocycles. The first-order valence-electron chi connectivity index (χ1n) is 3.55. The Morgan fingerprint density at radius 2 is 2.45 bits per heavy atom. The lowest BCUT2D eigenvalue weighted by Gasteiger charge is -1.98. The van der Waals surface area contributed by atoms with Crippen molar-refractivity contribution < 1.29 is 9.90 Å². The van der Waals surface area contributed by atoms with Gasteiger partial charge >= 0.3 is 5.97 Å². The molecular formula is C9H12O2. The van der Waals surface area contributed by atoms with Crippen molar-refractivity contribution in [2.45, 2.75) is 19.8 Å². The van der Waals surface area contributed by atoms with E-state index in [0.717, 1.165) is 6.42 Å². The highest BCUT2D eigenvalue weighted by atomic mass is 16.4. The molecule has 0 radical (unpaired) electrons. The molecule has 0 bridgehead atoms. The van der Waals surface area contributed by atoms with Crippen molar-refractivity contribution in [3.8, 4) is 12.3 Å². The van der Waals surface area contributed by atoms with Crippen molar-refractivity contribution >= 4 is 5.97 Å². The van der Waals surface area contributed by atoms with Crippen LogP contribution in [0.2, 0.25) is 0 Å². The SMILES string of the molecule is C#CC(C=CCC)CC(=O)O. The van der Waals surface area contributed by atoms with Crippen molar-refractivity contribution in [3.05, 3.63) is 12.2 Å². The normalized spacial score (nSPS) is 12.7. The zero-order valence-corrected chi connectivity index (χ0v) is 6.58. The monoisotopic (exact) mass is 152 g/mol. The molecule has 60 valence electrons. The molecule has 11 heavy (non-hydrogen) atoms. The van der Waals surface area contributed by atoms with Crippen LogP contribution in [-0.4, -0.2) is 11.1 Å². The molecule has 2 heteroatoms. The second-order valence-electron chi connectivity index (χ2n) is 2.21. The van der Waals surface area contributed by atoms with Crippen LogP contribution in [0, 0.1) is 18.3 Å². The molecule has 0 aromatic rings. The summed E-state index contributed by atoms with van der Waals surface area (Å²) in [5.41, 5.74) is 0. The highest BCUT2D eigenvalue weighted by molar-refractivity contribution is 5.67. The van der Waals surface area contributed by atoms with E-state index in [2.05, 4.69) is 5.92 Å². The summed E-state index contributed by atoms with van der Waals surface area (Å²) < 4.78 is 0. The van der Waals surface area contributed by atoms with E-state index in [9.17, 15) is 4.79 Å². The summed E-state index contributed by atoms with van der Waals surface area (Å²) in [7, 11) is 0. The average molecular weight is 152 g/mol. The standard InChI is InChI=1S/C9H12O2/c1-3-5-6-8(4-2)7-9(10)11/h2,5-6,8H,3,7H2,1H3,(H,10,11). The summed E-state index contributed by atoms with van der Waals surface area (Å²) in [6.07, 6.45) is 9.65. The van der Waals surface area contributed by atoms with Crippen LogP contribution in [0.5, 0.6) is 0 Å². The summed E-state index contributed by atoms with van der Waals surface area (Å²) in [6.45, 7) is 1.98. The van der Waals surface area contributed by atoms with Gasteiger partial charge in [-0.05, 0) is 6.42 Å². The maximum Gasteiger partial charge on any atom is 0.304 e. The lowest BCUT2D eigenvalue weighted by atomic mass is 10.1. The van der Waals surface area contributed by atoms with E-state index in [1.54, 1.807) is 6.08 Å². The molecule has 0 fully saturated rings. The Labute approximate surface area is 66.9 Å². The van der Waals surface area contributed by atoms with Crippen LogP contribution in [0.15, 0.2) is 12.2 Å². The second-order valence-corrected chi connectivity index (χ2v) is 2.21. The highest BCUT2D eigenvalue weighted by Gasteiger charge is 2.04. The number of aliphatic carboxylic acids is 1. The van der Waals surface area contributed by atoms with Gasteiger partial charge in [0, 0.05) is 5.92 Å². The molecule has 0 rings (SSSR count). The Bertz CT molecular complexity index is 186. The van der Waals surface area contributed by atoms with Gasteiger partial charge in [0.05, 0.1) is 6.42 Å². The van der Waals surface area contributed by atoms with Crippen molar-refractivity contribution in [1.82, 2.24) is 0 Å². The molecule has 0 aliphatic carbocycles. The number of hydrogen-bond acceptors (Lipinski definition) is 1. The predicted octanol–water partition coefficient (Wildman–Crippen LogP) is 1.68. The fourth-order valence-corrected chi connectivity index (χ4v) is 0.671. The maximum atomic E-state index is 10.2. The van der Waals surface area contributed by atoms with E-state index in [1.165, 1.54) is 0 Å². The third-order valence-corrected chi connectivity index (χ3v) is 1.21. The average Bonchev–Trinajstić information content (AvgIpc) is 1.97. The van der Waals surface area contributed by atoms with Crippen LogP contribution < -0.4 is 0 Å². The summed E-state index contributed by atoms with van der Waals surface area (Å²) in [5.74, 6) is 1.29. The van der Waals surface area contributed by atoms with Gasteiger partial charge in [0.2, 0.25) is 0 Å². The van der Waals surface area contributed by atoms with Gasteiger partial charge in [-0.3, -0.25) is 4.79 Å². The number of carbonyl (C=O) groups is 1. The van der Waals surface area contributed by atoms with E-state index in [1.807, 2.05) is 13.0 Å². The third kappa shape index (κ3) is 5.23. The zero-order valence-electron chi connectivity index (χ0n) is 6.58. The second kappa shape index (κ2) is 5.55. The van der Waals surface area contributed by atoms with Gasteiger partial charge in [0.25, 0.3) is 0 Å². The molecule has 1 N–H and O–H groups in total. The fourth-order valence-electron chi connectivity index (χ4n) is 0.671. The first-order chi connectivity index (χ1) is 5.20. The minimum absolute atomic E-state index is 0.0208. The molecular weight excluding hydrogens is 140 g/mol. The number of terminal acetylenes is 1. The van der Waals surface area contributed by atoms with E-state index < -0.39 is 5.97 Å². The van der Waals surface area contributed by atoms with Crippen molar-refractivity contribution in [2.75, 3.05) is 0 Å². The van der Waals surface area contributed by atoms with Gasteiger partial charge in [0.1, 0.15) is 0 Å². The van der Waals surface area contributed by atoms with Gasteiger partial charge < -0.3 is 5.11 Å². The molecule has 1 unspecified atom stereocenters. The molecule has 0 spiro atoms. The lowest BCUT2D eigenvalue weighted by molar-refractivity contribution is -0.137. The predicted molar refractivity (Wildman–Crippen MR) is 44.0 cm³/mol. The molecule has 1 atom stereocenters. The molecule has 0 aromatic heterocycles. The van der Waals surface area contributed by atoms with Crippen LogP contribution >= 0.6 is 0 Å². The summed E-state index contributed by atoms with van der Waals surface area (Å²) in [4.78, 5) is 10.2. The Morgan fingerprint density at radius 3 is 2.82 bits per heavy atom. The van der Waals surface area contributed by atoms with Gasteiger partial charge in [-0.2, -0.15) is 0 Å². The first-order valence-corrected chi connectivity index (χ1v) is 3.55. The molecule has 0 aromatic carbocycles. The minimum atomic E-state index is -0.853. The van der Waals surface area contributed by atoms with Gasteiger partial charge in [-0.1, -0.05) is 25.0 Å². The first kappa shape index (κ1) is 9.77. The van der Waals surface area contributed by atoms with Crippen LogP contribution in [0.3, 0.4) is 0 Å². The molecule has 0 heterocycles. The summed E-state index contributed by atoms with van der Waals surface area (Å²) in [6, 6.07) is 0. The molecule has 0 saturated heterocycles. The number of hydrogen-bond donors (Lipinski definition) is 1.